The summed E-state index contributed by atoms with van der Waals surface area (Å²) in [5.41, 5.74) is 2.75. The third kappa shape index (κ3) is 6.06. The molecule has 1 amide bonds. The van der Waals surface area contributed by atoms with Crippen LogP contribution in [-0.4, -0.2) is 43.7 Å². The third-order valence-electron chi connectivity index (χ3n) is 6.05. The van der Waals surface area contributed by atoms with Crippen LogP contribution in [0.3, 0.4) is 0 Å². The van der Waals surface area contributed by atoms with Gasteiger partial charge in [-0.25, -0.2) is 0 Å². The molecule has 1 heterocycles. The summed E-state index contributed by atoms with van der Waals surface area (Å²) in [6, 6.07) is 20.7. The van der Waals surface area contributed by atoms with Crippen LogP contribution in [0, 0.1) is 0 Å². The Morgan fingerprint density at radius 3 is 2.39 bits per heavy atom. The normalized spacial score (nSPS) is 14.8. The molecule has 0 unspecified atom stereocenters. The molecule has 1 fully saturated rings. The van der Waals surface area contributed by atoms with Crippen molar-refractivity contribution in [3.05, 3.63) is 76.3 Å². The number of quaternary nitrogens is 1. The maximum atomic E-state index is 12.7. The number of halogens is 2. The predicted molar refractivity (Wildman–Crippen MR) is 126 cm³/mol. The first-order valence-corrected chi connectivity index (χ1v) is 11.2. The van der Waals surface area contributed by atoms with E-state index in [1.165, 1.54) is 5.56 Å². The zero-order valence-electron chi connectivity index (χ0n) is 17.9. The quantitative estimate of drug-likeness (QED) is 0.364. The molecule has 31 heavy (non-hydrogen) atoms. The first-order valence-electron chi connectivity index (χ1n) is 10.4. The molecule has 4 rings (SSSR count). The number of nitrogens with zero attached hydrogens (tertiary/aromatic N) is 1. The number of hydrogen-bond acceptors (Lipinski definition) is 2. The van der Waals surface area contributed by atoms with Gasteiger partial charge in [-0.3, -0.25) is 4.79 Å². The van der Waals surface area contributed by atoms with Gasteiger partial charge in [0.25, 0.3) is 5.91 Å². The highest BCUT2D eigenvalue weighted by Crippen LogP contribution is 2.24. The van der Waals surface area contributed by atoms with Crippen molar-refractivity contribution < 1.29 is 38.0 Å². The number of nitrogens with one attached hydrogen (secondary N) is 1. The molecular weight excluding hydrogens is 567 g/mol. The summed E-state index contributed by atoms with van der Waals surface area (Å²) in [4.78, 5) is 12.7. The zero-order chi connectivity index (χ0) is 21.1. The van der Waals surface area contributed by atoms with E-state index < -0.39 is 0 Å². The Morgan fingerprint density at radius 2 is 1.68 bits per heavy atom. The fourth-order valence-corrected chi connectivity index (χ4v) is 4.62. The minimum atomic E-state index is -0.0945. The van der Waals surface area contributed by atoms with Gasteiger partial charge in [-0.1, -0.05) is 40.2 Å². The molecular formula is C25H28BrIN2O2. The molecule has 0 bridgehead atoms. The van der Waals surface area contributed by atoms with Crippen LogP contribution in [0.1, 0.15) is 28.8 Å². The molecule has 1 N–H and O–H groups in total. The molecule has 0 atom stereocenters. The molecule has 1 saturated heterocycles. The van der Waals surface area contributed by atoms with E-state index in [-0.39, 0.29) is 29.9 Å². The van der Waals surface area contributed by atoms with E-state index in [2.05, 4.69) is 47.5 Å². The number of ether oxygens (including phenoxy) is 1. The molecule has 0 saturated carbocycles. The number of anilines is 1. The lowest BCUT2D eigenvalue weighted by atomic mass is 10.0. The number of carbonyl (C=O) groups is 1. The van der Waals surface area contributed by atoms with Gasteiger partial charge in [0.2, 0.25) is 0 Å². The second kappa shape index (κ2) is 10.4. The SMILES string of the molecule is C[N+](C)(Cc1ccc(NC(=O)c2ccc3ccc(Br)cc3c2)cc1)C1CCOCC1.[I-]. The molecule has 6 heteroatoms. The van der Waals surface area contributed by atoms with Crippen molar-refractivity contribution in [2.75, 3.05) is 32.6 Å². The Morgan fingerprint density at radius 1 is 1.00 bits per heavy atom. The van der Waals surface area contributed by atoms with Crippen LogP contribution in [0.4, 0.5) is 5.69 Å². The van der Waals surface area contributed by atoms with Gasteiger partial charge in [0.15, 0.2) is 0 Å². The highest BCUT2D eigenvalue weighted by Gasteiger charge is 2.30. The lowest BCUT2D eigenvalue weighted by Gasteiger charge is -2.40. The lowest BCUT2D eigenvalue weighted by molar-refractivity contribution is -0.929. The molecule has 1 aliphatic rings. The number of hydrogen-bond donors (Lipinski definition) is 1. The van der Waals surface area contributed by atoms with E-state index in [0.717, 1.165) is 58.0 Å². The van der Waals surface area contributed by atoms with Gasteiger partial charge < -0.3 is 38.5 Å². The van der Waals surface area contributed by atoms with Crippen molar-refractivity contribution in [1.29, 1.82) is 0 Å². The van der Waals surface area contributed by atoms with Gasteiger partial charge in [0.05, 0.1) is 33.4 Å². The molecule has 1 aliphatic heterocycles. The monoisotopic (exact) mass is 594 g/mol. The molecule has 4 nitrogen and oxygen atoms in total. The largest absolute Gasteiger partial charge is 1.00 e. The molecule has 164 valence electrons. The predicted octanol–water partition coefficient (Wildman–Crippen LogP) is 2.61. The summed E-state index contributed by atoms with van der Waals surface area (Å²) in [6.45, 7) is 2.70. The fourth-order valence-electron chi connectivity index (χ4n) is 4.24. The van der Waals surface area contributed by atoms with Crippen LogP contribution in [0.25, 0.3) is 10.8 Å². The molecule has 0 radical (unpaired) electrons. The topological polar surface area (TPSA) is 38.3 Å². The minimum absolute atomic E-state index is 0. The highest BCUT2D eigenvalue weighted by molar-refractivity contribution is 9.10. The van der Waals surface area contributed by atoms with Crippen molar-refractivity contribution in [1.82, 2.24) is 0 Å². The van der Waals surface area contributed by atoms with E-state index in [4.69, 9.17) is 4.74 Å². The zero-order valence-corrected chi connectivity index (χ0v) is 21.6. The van der Waals surface area contributed by atoms with E-state index in [1.807, 2.05) is 48.5 Å². The highest BCUT2D eigenvalue weighted by atomic mass is 127. The van der Waals surface area contributed by atoms with Gasteiger partial charge in [0, 0.05) is 34.1 Å². The Kier molecular flexibility index (Phi) is 8.13. The molecule has 0 spiro atoms. The van der Waals surface area contributed by atoms with Gasteiger partial charge >= 0.3 is 0 Å². The van der Waals surface area contributed by atoms with Crippen molar-refractivity contribution in [2.24, 2.45) is 0 Å². The summed E-state index contributed by atoms with van der Waals surface area (Å²) in [7, 11) is 4.59. The minimum Gasteiger partial charge on any atom is -1.00 e. The number of carbonyl (C=O) groups excluding carboxylic acids is 1. The van der Waals surface area contributed by atoms with Crippen molar-refractivity contribution in [3.8, 4) is 0 Å². The summed E-state index contributed by atoms with van der Waals surface area (Å²) in [5.74, 6) is -0.0945. The Bertz CT molecular complexity index is 1050. The van der Waals surface area contributed by atoms with E-state index in [0.29, 0.717) is 11.6 Å². The maximum Gasteiger partial charge on any atom is 0.255 e. The summed E-state index contributed by atoms with van der Waals surface area (Å²) in [5, 5.41) is 5.18. The second-order valence-electron chi connectivity index (χ2n) is 8.64. The van der Waals surface area contributed by atoms with Gasteiger partial charge in [-0.2, -0.15) is 0 Å². The summed E-state index contributed by atoms with van der Waals surface area (Å²) >= 11 is 3.49. The van der Waals surface area contributed by atoms with Crippen LogP contribution >= 0.6 is 15.9 Å². The van der Waals surface area contributed by atoms with Crippen LogP contribution in [0.15, 0.2) is 65.1 Å². The number of fused-ring (bicyclic) bond motifs is 1. The molecule has 0 aromatic heterocycles. The summed E-state index contributed by atoms with van der Waals surface area (Å²) in [6.07, 6.45) is 2.23. The fraction of sp³-hybridized carbons (Fsp3) is 0.320. The van der Waals surface area contributed by atoms with Crippen molar-refractivity contribution in [3.63, 3.8) is 0 Å². The van der Waals surface area contributed by atoms with Crippen LogP contribution < -0.4 is 29.3 Å². The first kappa shape index (κ1) is 24.2. The molecule has 3 aromatic carbocycles. The van der Waals surface area contributed by atoms with E-state index >= 15 is 0 Å². The average molecular weight is 595 g/mol. The Hall–Kier alpha value is -1.48. The Balaban J connectivity index is 0.00000272. The number of rotatable bonds is 5. The van der Waals surface area contributed by atoms with Gasteiger partial charge in [-0.15, -0.1) is 0 Å². The smallest absolute Gasteiger partial charge is 0.255 e. The standard InChI is InChI=1S/C25H27BrN2O2.HI/c1-28(2,24-11-13-30-14-12-24)17-18-3-9-23(10-4-18)27-25(29)20-6-5-19-7-8-22(26)16-21(19)15-20;/h3-10,15-16,24H,11-14,17H2,1-2H3;1H. The lowest BCUT2D eigenvalue weighted by Crippen LogP contribution is -3.00. The van der Waals surface area contributed by atoms with Crippen LogP contribution in [-0.2, 0) is 11.3 Å². The summed E-state index contributed by atoms with van der Waals surface area (Å²) < 4.78 is 7.48. The van der Waals surface area contributed by atoms with E-state index in [9.17, 15) is 4.79 Å². The van der Waals surface area contributed by atoms with Crippen LogP contribution in [0.2, 0.25) is 0 Å². The van der Waals surface area contributed by atoms with Crippen molar-refractivity contribution >= 4 is 38.3 Å². The third-order valence-corrected chi connectivity index (χ3v) is 6.54. The van der Waals surface area contributed by atoms with E-state index in [1.54, 1.807) is 0 Å². The maximum absolute atomic E-state index is 12.7. The molecule has 0 aliphatic carbocycles. The van der Waals surface area contributed by atoms with Crippen molar-refractivity contribution in [2.45, 2.75) is 25.4 Å². The molecule has 3 aromatic rings. The van der Waals surface area contributed by atoms with Gasteiger partial charge in [-0.05, 0) is 47.2 Å². The number of benzene rings is 3. The van der Waals surface area contributed by atoms with Gasteiger partial charge in [0.1, 0.15) is 6.54 Å². The first-order chi connectivity index (χ1) is 14.4. The number of amides is 1. The van der Waals surface area contributed by atoms with Crippen LogP contribution in [0.5, 0.6) is 0 Å². The second-order valence-corrected chi connectivity index (χ2v) is 9.55. The Labute approximate surface area is 209 Å². The average Bonchev–Trinajstić information content (AvgIpc) is 2.75.